The number of nitro benzene ring substituents is 1. The lowest BCUT2D eigenvalue weighted by Crippen LogP contribution is -2.18. The third-order valence-corrected chi connectivity index (χ3v) is 6.83. The number of nitrogens with zero attached hydrogens (tertiary/aromatic N) is 3. The molecule has 5 aromatic rings. The number of para-hydroxylation sites is 1. The lowest BCUT2D eigenvalue weighted by molar-refractivity contribution is -0.384. The number of ether oxygens (including phenoxy) is 1. The van der Waals surface area contributed by atoms with Crippen molar-refractivity contribution in [3.8, 4) is 17.0 Å². The second-order valence-corrected chi connectivity index (χ2v) is 9.92. The summed E-state index contributed by atoms with van der Waals surface area (Å²) < 4.78 is 6.41. The summed E-state index contributed by atoms with van der Waals surface area (Å²) in [4.78, 5) is 28.2. The van der Waals surface area contributed by atoms with Crippen LogP contribution in [0, 0.1) is 10.1 Å². The molecule has 0 saturated carbocycles. The Morgan fingerprint density at radius 2 is 1.75 bits per heavy atom. The van der Waals surface area contributed by atoms with Crippen LogP contribution in [0.1, 0.15) is 21.5 Å². The van der Waals surface area contributed by atoms with Gasteiger partial charge in [0, 0.05) is 23.1 Å². The van der Waals surface area contributed by atoms with E-state index in [0.29, 0.717) is 37.6 Å². The van der Waals surface area contributed by atoms with Crippen LogP contribution in [0.2, 0.25) is 5.02 Å². The summed E-state index contributed by atoms with van der Waals surface area (Å²) in [5.41, 5.74) is 6.74. The second kappa shape index (κ2) is 12.1. The predicted molar refractivity (Wildman–Crippen MR) is 159 cm³/mol. The molecule has 0 saturated heterocycles. The topological polar surface area (TPSA) is 107 Å². The van der Waals surface area contributed by atoms with Crippen molar-refractivity contribution in [2.75, 3.05) is 0 Å². The minimum Gasteiger partial charge on any atom is -0.486 e. The Hall–Kier alpha value is -4.60. The van der Waals surface area contributed by atoms with Gasteiger partial charge < -0.3 is 4.74 Å². The van der Waals surface area contributed by atoms with E-state index in [4.69, 9.17) is 21.3 Å². The van der Waals surface area contributed by atoms with Crippen molar-refractivity contribution in [1.29, 1.82) is 0 Å². The molecular formula is C30H20BrClN4O4. The Labute approximate surface area is 242 Å². The van der Waals surface area contributed by atoms with Crippen LogP contribution in [0.25, 0.3) is 22.2 Å². The zero-order valence-electron chi connectivity index (χ0n) is 20.8. The normalized spacial score (nSPS) is 11.1. The number of hydrogen-bond donors (Lipinski definition) is 1. The molecule has 0 spiro atoms. The zero-order valence-corrected chi connectivity index (χ0v) is 23.1. The fourth-order valence-corrected chi connectivity index (χ4v) is 5.00. The Kier molecular flexibility index (Phi) is 8.14. The van der Waals surface area contributed by atoms with Crippen LogP contribution in [0.3, 0.4) is 0 Å². The van der Waals surface area contributed by atoms with Gasteiger partial charge >= 0.3 is 0 Å². The second-order valence-electron chi connectivity index (χ2n) is 8.66. The summed E-state index contributed by atoms with van der Waals surface area (Å²) in [6.45, 7) is 0.171. The summed E-state index contributed by atoms with van der Waals surface area (Å²) in [7, 11) is 0. The summed E-state index contributed by atoms with van der Waals surface area (Å²) in [6.07, 6.45) is 1.48. The average molecular weight is 616 g/mol. The number of rotatable bonds is 8. The van der Waals surface area contributed by atoms with Gasteiger partial charge in [-0.25, -0.2) is 10.4 Å². The molecule has 0 radical (unpaired) electrons. The molecule has 198 valence electrons. The first-order chi connectivity index (χ1) is 19.4. The molecule has 40 heavy (non-hydrogen) atoms. The SMILES string of the molecule is O=C(N/N=C/c1cc(Cl)c(OCc2ccc([N+](=O)[O-])cc2)c(Br)c1)c1cc(-c2ccccc2)nc2ccccc12. The van der Waals surface area contributed by atoms with E-state index in [1.165, 1.54) is 18.3 Å². The molecule has 5 rings (SSSR count). The van der Waals surface area contributed by atoms with Crippen LogP contribution < -0.4 is 10.2 Å². The highest BCUT2D eigenvalue weighted by molar-refractivity contribution is 9.10. The van der Waals surface area contributed by atoms with E-state index in [1.54, 1.807) is 30.3 Å². The van der Waals surface area contributed by atoms with Gasteiger partial charge in [-0.15, -0.1) is 0 Å². The van der Waals surface area contributed by atoms with Crippen molar-refractivity contribution in [3.63, 3.8) is 0 Å². The van der Waals surface area contributed by atoms with E-state index in [1.807, 2.05) is 54.6 Å². The third-order valence-electron chi connectivity index (χ3n) is 5.96. The van der Waals surface area contributed by atoms with Gasteiger partial charge in [-0.05, 0) is 63.5 Å². The van der Waals surface area contributed by atoms with Crippen molar-refractivity contribution in [1.82, 2.24) is 10.4 Å². The summed E-state index contributed by atoms with van der Waals surface area (Å²) >= 11 is 9.91. The number of benzene rings is 4. The highest BCUT2D eigenvalue weighted by Gasteiger charge is 2.14. The number of nitro groups is 1. The summed E-state index contributed by atoms with van der Waals surface area (Å²) in [6, 6.07) is 28.4. The number of amides is 1. The summed E-state index contributed by atoms with van der Waals surface area (Å²) in [5.74, 6) is 0.0400. The number of pyridine rings is 1. The van der Waals surface area contributed by atoms with Gasteiger partial charge in [-0.3, -0.25) is 14.9 Å². The molecule has 1 heterocycles. The minimum absolute atomic E-state index is 0.00690. The largest absolute Gasteiger partial charge is 0.486 e. The molecule has 0 aliphatic rings. The number of hydrogen-bond acceptors (Lipinski definition) is 6. The van der Waals surface area contributed by atoms with Crippen molar-refractivity contribution in [3.05, 3.63) is 133 Å². The number of carbonyl (C=O) groups excluding carboxylic acids is 1. The maximum Gasteiger partial charge on any atom is 0.272 e. The first-order valence-electron chi connectivity index (χ1n) is 12.0. The van der Waals surface area contributed by atoms with E-state index in [-0.39, 0.29) is 18.2 Å². The van der Waals surface area contributed by atoms with Crippen LogP contribution in [0.5, 0.6) is 5.75 Å². The van der Waals surface area contributed by atoms with Crippen LogP contribution in [-0.2, 0) is 6.61 Å². The zero-order chi connectivity index (χ0) is 28.1. The maximum absolute atomic E-state index is 13.2. The molecule has 0 aliphatic carbocycles. The Morgan fingerprint density at radius 1 is 1.02 bits per heavy atom. The summed E-state index contributed by atoms with van der Waals surface area (Å²) in [5, 5.41) is 16.0. The molecule has 10 heteroatoms. The molecule has 1 amide bonds. The van der Waals surface area contributed by atoms with Gasteiger partial charge in [-0.1, -0.05) is 60.1 Å². The van der Waals surface area contributed by atoms with Gasteiger partial charge in [0.15, 0.2) is 5.75 Å². The number of non-ortho nitro benzene ring substituents is 1. The highest BCUT2D eigenvalue weighted by atomic mass is 79.9. The van der Waals surface area contributed by atoms with Crippen LogP contribution >= 0.6 is 27.5 Å². The molecule has 4 aromatic carbocycles. The van der Waals surface area contributed by atoms with Gasteiger partial charge in [0.1, 0.15) is 6.61 Å². The quantitative estimate of drug-likeness (QED) is 0.110. The van der Waals surface area contributed by atoms with Crippen molar-refractivity contribution < 1.29 is 14.5 Å². The first-order valence-corrected chi connectivity index (χ1v) is 13.2. The third kappa shape index (κ3) is 6.17. The number of fused-ring (bicyclic) bond motifs is 1. The van der Waals surface area contributed by atoms with Gasteiger partial charge in [-0.2, -0.15) is 5.10 Å². The van der Waals surface area contributed by atoms with Gasteiger partial charge in [0.2, 0.25) is 0 Å². The fourth-order valence-electron chi connectivity index (χ4n) is 4.01. The lowest BCUT2D eigenvalue weighted by Gasteiger charge is -2.11. The Morgan fingerprint density at radius 3 is 2.48 bits per heavy atom. The molecule has 8 nitrogen and oxygen atoms in total. The number of aromatic nitrogens is 1. The van der Waals surface area contributed by atoms with E-state index < -0.39 is 4.92 Å². The molecular weight excluding hydrogens is 596 g/mol. The van der Waals surface area contributed by atoms with E-state index >= 15 is 0 Å². The van der Waals surface area contributed by atoms with Crippen LogP contribution in [0.15, 0.2) is 107 Å². The lowest BCUT2D eigenvalue weighted by atomic mass is 10.0. The van der Waals surface area contributed by atoms with Crippen molar-refractivity contribution in [2.24, 2.45) is 5.10 Å². The highest BCUT2D eigenvalue weighted by Crippen LogP contribution is 2.35. The maximum atomic E-state index is 13.2. The van der Waals surface area contributed by atoms with E-state index in [0.717, 1.165) is 16.5 Å². The molecule has 0 fully saturated rings. The van der Waals surface area contributed by atoms with Crippen molar-refractivity contribution in [2.45, 2.75) is 6.61 Å². The molecule has 1 N–H and O–H groups in total. The van der Waals surface area contributed by atoms with Gasteiger partial charge in [0.05, 0.1) is 37.4 Å². The van der Waals surface area contributed by atoms with E-state index in [2.05, 4.69) is 26.5 Å². The molecule has 0 bridgehead atoms. The van der Waals surface area contributed by atoms with E-state index in [9.17, 15) is 14.9 Å². The first kappa shape index (κ1) is 27.0. The standard InChI is InChI=1S/C30H20BrClN4O4/c31-25-14-20(15-26(32)29(25)40-18-19-10-12-22(13-11-19)36(38)39)17-33-35-30(37)24-16-28(21-6-2-1-3-7-21)34-27-9-5-4-8-23(24)27/h1-17H,18H2,(H,35,37)/b33-17+. The fraction of sp³-hybridized carbons (Fsp3) is 0.0333. The molecule has 0 aliphatic heterocycles. The Bertz CT molecular complexity index is 1720. The average Bonchev–Trinajstić information content (AvgIpc) is 2.96. The van der Waals surface area contributed by atoms with Crippen LogP contribution in [-0.4, -0.2) is 22.0 Å². The van der Waals surface area contributed by atoms with Crippen LogP contribution in [0.4, 0.5) is 5.69 Å². The molecule has 0 unspecified atom stereocenters. The Balaban J connectivity index is 1.30. The van der Waals surface area contributed by atoms with Crippen molar-refractivity contribution >= 4 is 56.2 Å². The predicted octanol–water partition coefficient (Wildman–Crippen LogP) is 7.57. The number of nitrogens with one attached hydrogen (secondary N) is 1. The smallest absolute Gasteiger partial charge is 0.272 e. The molecule has 0 atom stereocenters. The van der Waals surface area contributed by atoms with Gasteiger partial charge in [0.25, 0.3) is 11.6 Å². The number of halogens is 2. The minimum atomic E-state index is -0.456. The number of hydrazone groups is 1. The molecule has 1 aromatic heterocycles. The number of carbonyl (C=O) groups is 1. The monoisotopic (exact) mass is 614 g/mol.